The van der Waals surface area contributed by atoms with Crippen molar-refractivity contribution in [3.8, 4) is 5.75 Å². The van der Waals surface area contributed by atoms with Gasteiger partial charge in [0, 0.05) is 24.6 Å². The van der Waals surface area contributed by atoms with Crippen molar-refractivity contribution in [3.63, 3.8) is 0 Å². The average Bonchev–Trinajstić information content (AvgIpc) is 2.83. The van der Waals surface area contributed by atoms with Crippen LogP contribution >= 0.6 is 0 Å². The Hall–Kier alpha value is -4.53. The highest BCUT2D eigenvalue weighted by atomic mass is 16.5. The molecule has 0 unspecified atom stereocenters. The van der Waals surface area contributed by atoms with Crippen molar-refractivity contribution in [1.82, 2.24) is 15.7 Å². The number of amides is 3. The Morgan fingerprint density at radius 2 is 1.70 bits per heavy atom. The molecule has 0 aliphatic heterocycles. The van der Waals surface area contributed by atoms with E-state index in [1.165, 1.54) is 6.21 Å². The van der Waals surface area contributed by atoms with Gasteiger partial charge in [-0.15, -0.1) is 0 Å². The van der Waals surface area contributed by atoms with Gasteiger partial charge in [0.1, 0.15) is 12.2 Å². The summed E-state index contributed by atoms with van der Waals surface area (Å²) >= 11 is 0. The molecule has 0 spiro atoms. The van der Waals surface area contributed by atoms with Crippen molar-refractivity contribution in [2.24, 2.45) is 5.10 Å². The van der Waals surface area contributed by atoms with Gasteiger partial charge in [0.15, 0.2) is 6.61 Å². The van der Waals surface area contributed by atoms with Crippen LogP contribution in [0.4, 0.5) is 5.69 Å². The van der Waals surface area contributed by atoms with E-state index < -0.39 is 11.8 Å². The van der Waals surface area contributed by atoms with Crippen molar-refractivity contribution >= 4 is 29.6 Å². The Labute approximate surface area is 190 Å². The van der Waals surface area contributed by atoms with E-state index in [-0.39, 0.29) is 18.9 Å². The van der Waals surface area contributed by atoms with Crippen molar-refractivity contribution in [2.75, 3.05) is 11.9 Å². The van der Waals surface area contributed by atoms with Gasteiger partial charge in [-0.2, -0.15) is 5.10 Å². The zero-order valence-corrected chi connectivity index (χ0v) is 17.7. The number of anilines is 1. The van der Waals surface area contributed by atoms with E-state index in [2.05, 4.69) is 26.1 Å². The number of carbonyl (C=O) groups is 3. The normalized spacial score (nSPS) is 10.4. The minimum atomic E-state index is -0.528. The van der Waals surface area contributed by atoms with Crippen LogP contribution in [0.25, 0.3) is 0 Å². The molecule has 3 rings (SSSR count). The smallest absolute Gasteiger partial charge is 0.262 e. The topological polar surface area (TPSA) is 122 Å². The number of rotatable bonds is 10. The van der Waals surface area contributed by atoms with Gasteiger partial charge in [0.2, 0.25) is 11.8 Å². The molecule has 9 heteroatoms. The van der Waals surface area contributed by atoms with Crippen LogP contribution in [0.5, 0.6) is 5.75 Å². The van der Waals surface area contributed by atoms with Gasteiger partial charge in [0.05, 0.1) is 6.21 Å². The second kappa shape index (κ2) is 12.4. The van der Waals surface area contributed by atoms with Crippen LogP contribution in [0, 0.1) is 0 Å². The lowest BCUT2D eigenvalue weighted by atomic mass is 10.2. The van der Waals surface area contributed by atoms with Crippen molar-refractivity contribution < 1.29 is 19.1 Å². The van der Waals surface area contributed by atoms with Gasteiger partial charge < -0.3 is 15.4 Å². The maximum absolute atomic E-state index is 11.9. The van der Waals surface area contributed by atoms with Crippen LogP contribution in [0.1, 0.15) is 17.5 Å². The van der Waals surface area contributed by atoms with Gasteiger partial charge in [-0.05, 0) is 53.6 Å². The monoisotopic (exact) mass is 445 g/mol. The highest BCUT2D eigenvalue weighted by Gasteiger charge is 2.08. The molecule has 3 aromatic rings. The molecule has 0 saturated carbocycles. The first-order valence-electron chi connectivity index (χ1n) is 10.1. The summed E-state index contributed by atoms with van der Waals surface area (Å²) in [4.78, 5) is 39.5. The van der Waals surface area contributed by atoms with Gasteiger partial charge in [0.25, 0.3) is 5.91 Å². The summed E-state index contributed by atoms with van der Waals surface area (Å²) in [6.07, 6.45) is 4.39. The highest BCUT2D eigenvalue weighted by Crippen LogP contribution is 2.11. The minimum absolute atomic E-state index is 0.124. The predicted molar refractivity (Wildman–Crippen MR) is 123 cm³/mol. The fourth-order valence-corrected chi connectivity index (χ4v) is 2.65. The fraction of sp³-hybridized carbons (Fsp3) is 0.125. The van der Waals surface area contributed by atoms with E-state index in [4.69, 9.17) is 4.74 Å². The number of hydrazone groups is 1. The lowest BCUT2D eigenvalue weighted by Crippen LogP contribution is -2.29. The van der Waals surface area contributed by atoms with Crippen LogP contribution in [0.2, 0.25) is 0 Å². The van der Waals surface area contributed by atoms with Gasteiger partial charge in [-0.3, -0.25) is 19.4 Å². The summed E-state index contributed by atoms with van der Waals surface area (Å²) in [5, 5.41) is 9.22. The molecule has 9 nitrogen and oxygen atoms in total. The molecule has 3 N–H and O–H groups in total. The molecule has 33 heavy (non-hydrogen) atoms. The third-order valence-corrected chi connectivity index (χ3v) is 4.24. The molecular formula is C24H23N5O4. The molecular weight excluding hydrogens is 422 g/mol. The van der Waals surface area contributed by atoms with Crippen molar-refractivity contribution in [1.29, 1.82) is 0 Å². The van der Waals surface area contributed by atoms with E-state index in [1.807, 2.05) is 24.3 Å². The standard InChI is InChI=1S/C24H23N5O4/c30-22(26-15-19-5-4-12-25-14-19)13-23(31)29-27-16-18-8-10-21(11-9-18)33-17-24(32)28-20-6-2-1-3-7-20/h1-12,14,16H,13,15,17H2,(H,26,30)(H,28,32)(H,29,31)/b27-16+. The molecule has 0 radical (unpaired) electrons. The molecule has 0 aliphatic rings. The highest BCUT2D eigenvalue weighted by molar-refractivity contribution is 5.97. The number of aromatic nitrogens is 1. The van der Waals surface area contributed by atoms with E-state index in [0.717, 1.165) is 5.56 Å². The Morgan fingerprint density at radius 3 is 2.42 bits per heavy atom. The second-order valence-corrected chi connectivity index (χ2v) is 6.88. The average molecular weight is 445 g/mol. The SMILES string of the molecule is O=C(CC(=O)N/N=C/c1ccc(OCC(=O)Nc2ccccc2)cc1)NCc1cccnc1. The number of nitrogens with zero attached hydrogens (tertiary/aromatic N) is 2. The quantitative estimate of drug-likeness (QED) is 0.251. The number of hydrogen-bond acceptors (Lipinski definition) is 6. The Bertz CT molecular complexity index is 1090. The number of nitrogens with one attached hydrogen (secondary N) is 3. The van der Waals surface area contributed by atoms with Gasteiger partial charge in [-0.1, -0.05) is 24.3 Å². The predicted octanol–water partition coefficient (Wildman–Crippen LogP) is 2.26. The number of hydrogen-bond donors (Lipinski definition) is 3. The molecule has 0 saturated heterocycles. The first kappa shape index (κ1) is 23.1. The zero-order chi connectivity index (χ0) is 23.3. The van der Waals surface area contributed by atoms with E-state index >= 15 is 0 Å². The zero-order valence-electron chi connectivity index (χ0n) is 17.7. The second-order valence-electron chi connectivity index (χ2n) is 6.88. The number of pyridine rings is 1. The van der Waals surface area contributed by atoms with E-state index in [0.29, 0.717) is 23.5 Å². The number of para-hydroxylation sites is 1. The van der Waals surface area contributed by atoms with Gasteiger partial charge >= 0.3 is 0 Å². The number of carbonyl (C=O) groups excluding carboxylic acids is 3. The summed E-state index contributed by atoms with van der Waals surface area (Å²) in [5.74, 6) is -0.688. The summed E-state index contributed by atoms with van der Waals surface area (Å²) in [5.41, 5.74) is 4.56. The largest absolute Gasteiger partial charge is 0.484 e. The Balaban J connectivity index is 1.35. The molecule has 0 fully saturated rings. The van der Waals surface area contributed by atoms with Crippen LogP contribution < -0.4 is 20.8 Å². The minimum Gasteiger partial charge on any atom is -0.484 e. The van der Waals surface area contributed by atoms with Crippen LogP contribution in [-0.4, -0.2) is 35.5 Å². The van der Waals surface area contributed by atoms with E-state index in [1.54, 1.807) is 54.9 Å². The van der Waals surface area contributed by atoms with Crippen LogP contribution in [0.15, 0.2) is 84.2 Å². The maximum atomic E-state index is 11.9. The summed E-state index contributed by atoms with van der Waals surface area (Å²) in [6.45, 7) is 0.173. The first-order valence-corrected chi connectivity index (χ1v) is 10.1. The molecule has 0 aliphatic carbocycles. The molecule has 0 atom stereocenters. The summed E-state index contributed by atoms with van der Waals surface area (Å²) in [7, 11) is 0. The lowest BCUT2D eigenvalue weighted by Gasteiger charge is -2.07. The molecule has 3 amide bonds. The Morgan fingerprint density at radius 1 is 0.909 bits per heavy atom. The molecule has 1 aromatic heterocycles. The van der Waals surface area contributed by atoms with Crippen LogP contribution in [-0.2, 0) is 20.9 Å². The Kier molecular flexibility index (Phi) is 8.66. The lowest BCUT2D eigenvalue weighted by molar-refractivity contribution is -0.129. The van der Waals surface area contributed by atoms with Crippen LogP contribution in [0.3, 0.4) is 0 Å². The van der Waals surface area contributed by atoms with Gasteiger partial charge in [-0.25, -0.2) is 5.43 Å². The molecule has 168 valence electrons. The fourth-order valence-electron chi connectivity index (χ4n) is 2.65. The third-order valence-electron chi connectivity index (χ3n) is 4.24. The number of ether oxygens (including phenoxy) is 1. The third kappa shape index (κ3) is 8.62. The van der Waals surface area contributed by atoms with Crippen molar-refractivity contribution in [3.05, 3.63) is 90.3 Å². The number of benzene rings is 2. The van der Waals surface area contributed by atoms with Crippen molar-refractivity contribution in [2.45, 2.75) is 13.0 Å². The first-order chi connectivity index (χ1) is 16.1. The van der Waals surface area contributed by atoms with E-state index in [9.17, 15) is 14.4 Å². The summed E-state index contributed by atoms with van der Waals surface area (Å²) < 4.78 is 5.46. The molecule has 0 bridgehead atoms. The molecule has 1 heterocycles. The maximum Gasteiger partial charge on any atom is 0.262 e. The summed E-state index contributed by atoms with van der Waals surface area (Å²) in [6, 6.07) is 19.5. The molecule has 2 aromatic carbocycles.